The van der Waals surface area contributed by atoms with E-state index >= 15 is 0 Å². The Morgan fingerprint density at radius 2 is 1.95 bits per heavy atom. The van der Waals surface area contributed by atoms with E-state index in [9.17, 15) is 0 Å². The normalized spacial score (nSPS) is 17.8. The van der Waals surface area contributed by atoms with E-state index < -0.39 is 0 Å². The molecule has 0 radical (unpaired) electrons. The fourth-order valence-corrected chi connectivity index (χ4v) is 4.07. The molecule has 0 aromatic heterocycles. The fraction of sp³-hybridized carbons (Fsp3) is 0.294. The van der Waals surface area contributed by atoms with Gasteiger partial charge in [0.05, 0.1) is 0 Å². The third-order valence-electron chi connectivity index (χ3n) is 3.67. The number of benzene rings is 2. The number of hydrogen-bond acceptors (Lipinski definition) is 3. The maximum absolute atomic E-state index is 3.71. The molecule has 20 heavy (non-hydrogen) atoms. The smallest absolute Gasteiger partial charge is 0.0342 e. The van der Waals surface area contributed by atoms with Gasteiger partial charge >= 0.3 is 0 Å². The first-order valence-electron chi connectivity index (χ1n) is 6.95. The van der Waals surface area contributed by atoms with Gasteiger partial charge in [-0.05, 0) is 47.8 Å². The summed E-state index contributed by atoms with van der Waals surface area (Å²) in [6, 6.07) is 18.1. The Morgan fingerprint density at radius 1 is 1.15 bits per heavy atom. The van der Waals surface area contributed by atoms with Crippen LogP contribution < -0.4 is 5.32 Å². The topological polar surface area (TPSA) is 12.0 Å². The summed E-state index contributed by atoms with van der Waals surface area (Å²) in [6.45, 7) is 0.943. The van der Waals surface area contributed by atoms with Crippen LogP contribution in [0.3, 0.4) is 0 Å². The highest BCUT2D eigenvalue weighted by atomic mass is 32.2. The zero-order valence-electron chi connectivity index (χ0n) is 11.6. The van der Waals surface area contributed by atoms with Crippen molar-refractivity contribution in [3.8, 4) is 0 Å². The van der Waals surface area contributed by atoms with Crippen molar-refractivity contribution >= 4 is 23.5 Å². The lowest BCUT2D eigenvalue weighted by atomic mass is 10.0. The van der Waals surface area contributed by atoms with Crippen LogP contribution in [0.1, 0.15) is 23.6 Å². The summed E-state index contributed by atoms with van der Waals surface area (Å²) in [7, 11) is 0. The summed E-state index contributed by atoms with van der Waals surface area (Å²) in [5, 5.41) is 3.71. The molecule has 1 heterocycles. The molecule has 1 atom stereocenters. The molecule has 1 unspecified atom stereocenters. The zero-order chi connectivity index (χ0) is 13.8. The third kappa shape index (κ3) is 3.22. The highest BCUT2D eigenvalue weighted by molar-refractivity contribution is 7.99. The lowest BCUT2D eigenvalue weighted by molar-refractivity contribution is 0.510. The molecule has 0 bridgehead atoms. The Hall–Kier alpha value is -0.900. The molecule has 0 saturated heterocycles. The molecule has 3 heteroatoms. The van der Waals surface area contributed by atoms with Gasteiger partial charge in [0.15, 0.2) is 0 Å². The predicted octanol–water partition coefficient (Wildman–Crippen LogP) is 4.74. The van der Waals surface area contributed by atoms with Crippen LogP contribution in [0.2, 0.25) is 0 Å². The summed E-state index contributed by atoms with van der Waals surface area (Å²) in [5.74, 6) is 1.21. The van der Waals surface area contributed by atoms with Gasteiger partial charge < -0.3 is 5.32 Å². The first kappa shape index (κ1) is 14.1. The molecule has 1 N–H and O–H groups in total. The number of thioether (sulfide) groups is 2. The van der Waals surface area contributed by atoms with Crippen molar-refractivity contribution < 1.29 is 0 Å². The summed E-state index contributed by atoms with van der Waals surface area (Å²) >= 11 is 3.77. The average Bonchev–Trinajstić information content (AvgIpc) is 2.53. The number of fused-ring (bicyclic) bond motifs is 1. The molecule has 0 aliphatic carbocycles. The third-order valence-corrected chi connectivity index (χ3v) is 5.54. The van der Waals surface area contributed by atoms with Gasteiger partial charge in [-0.3, -0.25) is 0 Å². The van der Waals surface area contributed by atoms with Gasteiger partial charge in [0.2, 0.25) is 0 Å². The average molecular weight is 301 g/mol. The van der Waals surface area contributed by atoms with E-state index in [2.05, 4.69) is 60.1 Å². The standard InChI is InChI=1S/C17H19NS2/c1-19-14-8-6-13(7-9-14)12-18-16-10-11-20-17-5-3-2-4-15(16)17/h2-9,16,18H,10-12H2,1H3. The van der Waals surface area contributed by atoms with Crippen LogP contribution in [0.4, 0.5) is 0 Å². The Balaban J connectivity index is 1.66. The molecule has 1 aliphatic heterocycles. The van der Waals surface area contributed by atoms with E-state index in [0.29, 0.717) is 6.04 Å². The molecule has 0 fully saturated rings. The largest absolute Gasteiger partial charge is 0.306 e. The lowest BCUT2D eigenvalue weighted by Gasteiger charge is -2.26. The highest BCUT2D eigenvalue weighted by Crippen LogP contribution is 2.35. The first-order chi connectivity index (χ1) is 9.86. The second-order valence-electron chi connectivity index (χ2n) is 4.96. The molecule has 0 saturated carbocycles. The number of nitrogens with one attached hydrogen (secondary N) is 1. The Labute approximate surface area is 129 Å². The lowest BCUT2D eigenvalue weighted by Crippen LogP contribution is -2.24. The molecule has 0 spiro atoms. The van der Waals surface area contributed by atoms with Crippen molar-refractivity contribution in [3.05, 3.63) is 59.7 Å². The highest BCUT2D eigenvalue weighted by Gasteiger charge is 2.19. The minimum absolute atomic E-state index is 0.493. The predicted molar refractivity (Wildman–Crippen MR) is 89.6 cm³/mol. The quantitative estimate of drug-likeness (QED) is 0.820. The monoisotopic (exact) mass is 301 g/mol. The molecule has 104 valence electrons. The summed E-state index contributed by atoms with van der Waals surface area (Å²) < 4.78 is 0. The zero-order valence-corrected chi connectivity index (χ0v) is 13.3. The van der Waals surface area contributed by atoms with E-state index in [4.69, 9.17) is 0 Å². The van der Waals surface area contributed by atoms with Crippen molar-refractivity contribution in [1.82, 2.24) is 5.32 Å². The van der Waals surface area contributed by atoms with Crippen LogP contribution in [0.5, 0.6) is 0 Å². The van der Waals surface area contributed by atoms with E-state index in [1.807, 2.05) is 11.8 Å². The maximum atomic E-state index is 3.71. The number of hydrogen-bond donors (Lipinski definition) is 1. The molecule has 2 aromatic carbocycles. The second kappa shape index (κ2) is 6.70. The minimum atomic E-state index is 0.493. The van der Waals surface area contributed by atoms with Crippen molar-refractivity contribution in [2.45, 2.75) is 28.8 Å². The minimum Gasteiger partial charge on any atom is -0.306 e. The van der Waals surface area contributed by atoms with Gasteiger partial charge in [-0.1, -0.05) is 30.3 Å². The molecular formula is C17H19NS2. The summed E-state index contributed by atoms with van der Waals surface area (Å²) in [4.78, 5) is 2.77. The SMILES string of the molecule is CSc1ccc(CNC2CCSc3ccccc32)cc1. The van der Waals surface area contributed by atoms with Gasteiger partial charge in [-0.2, -0.15) is 0 Å². The number of rotatable bonds is 4. The van der Waals surface area contributed by atoms with Crippen LogP contribution in [0, 0.1) is 0 Å². The van der Waals surface area contributed by atoms with E-state index in [1.165, 1.54) is 33.1 Å². The van der Waals surface area contributed by atoms with E-state index in [1.54, 1.807) is 11.8 Å². The summed E-state index contributed by atoms with van der Waals surface area (Å²) in [6.07, 6.45) is 3.33. The van der Waals surface area contributed by atoms with Crippen molar-refractivity contribution in [2.75, 3.05) is 12.0 Å². The van der Waals surface area contributed by atoms with Crippen LogP contribution >= 0.6 is 23.5 Å². The van der Waals surface area contributed by atoms with E-state index in [0.717, 1.165) is 6.54 Å². The first-order valence-corrected chi connectivity index (χ1v) is 9.16. The Kier molecular flexibility index (Phi) is 4.71. The molecule has 1 nitrogen and oxygen atoms in total. The maximum Gasteiger partial charge on any atom is 0.0342 e. The van der Waals surface area contributed by atoms with Crippen LogP contribution in [-0.2, 0) is 6.54 Å². The van der Waals surface area contributed by atoms with Crippen LogP contribution in [0.15, 0.2) is 58.3 Å². The molecule has 2 aromatic rings. The summed E-state index contributed by atoms with van der Waals surface area (Å²) in [5.41, 5.74) is 2.82. The van der Waals surface area contributed by atoms with Crippen molar-refractivity contribution in [2.24, 2.45) is 0 Å². The van der Waals surface area contributed by atoms with Crippen LogP contribution in [-0.4, -0.2) is 12.0 Å². The van der Waals surface area contributed by atoms with Gasteiger partial charge in [0, 0.05) is 22.4 Å². The van der Waals surface area contributed by atoms with Gasteiger partial charge in [0.25, 0.3) is 0 Å². The van der Waals surface area contributed by atoms with E-state index in [-0.39, 0.29) is 0 Å². The molecule has 0 amide bonds. The van der Waals surface area contributed by atoms with Crippen LogP contribution in [0.25, 0.3) is 0 Å². The molecule has 1 aliphatic rings. The van der Waals surface area contributed by atoms with Gasteiger partial charge in [-0.25, -0.2) is 0 Å². The Bertz CT molecular complexity index is 565. The Morgan fingerprint density at radius 3 is 2.75 bits per heavy atom. The second-order valence-corrected chi connectivity index (χ2v) is 6.97. The van der Waals surface area contributed by atoms with Gasteiger partial charge in [-0.15, -0.1) is 23.5 Å². The van der Waals surface area contributed by atoms with Crippen molar-refractivity contribution in [3.63, 3.8) is 0 Å². The molecule has 3 rings (SSSR count). The van der Waals surface area contributed by atoms with Gasteiger partial charge in [0.1, 0.15) is 0 Å². The van der Waals surface area contributed by atoms with Crippen molar-refractivity contribution in [1.29, 1.82) is 0 Å². The molecular weight excluding hydrogens is 282 g/mol. The fourth-order valence-electron chi connectivity index (χ4n) is 2.54.